The molecule has 2 aromatic carbocycles. The maximum absolute atomic E-state index is 13.0. The van der Waals surface area contributed by atoms with Gasteiger partial charge in [-0.15, -0.1) is 10.2 Å². The van der Waals surface area contributed by atoms with E-state index in [2.05, 4.69) is 10.2 Å². The topological polar surface area (TPSA) is 120 Å². The van der Waals surface area contributed by atoms with Crippen molar-refractivity contribution < 1.29 is 19.2 Å². The van der Waals surface area contributed by atoms with E-state index in [9.17, 15) is 19.7 Å². The van der Waals surface area contributed by atoms with Crippen LogP contribution in [0.2, 0.25) is 0 Å². The maximum Gasteiger partial charge on any atom is 0.310 e. The lowest BCUT2D eigenvalue weighted by Gasteiger charge is -2.31. The second-order valence-corrected chi connectivity index (χ2v) is 8.94. The Morgan fingerprint density at radius 2 is 1.89 bits per heavy atom. The van der Waals surface area contributed by atoms with E-state index in [4.69, 9.17) is 4.74 Å². The van der Waals surface area contributed by atoms with E-state index < -0.39 is 4.92 Å². The van der Waals surface area contributed by atoms with E-state index in [1.807, 2.05) is 34.9 Å². The summed E-state index contributed by atoms with van der Waals surface area (Å²) in [6, 6.07) is 15.6. The van der Waals surface area contributed by atoms with Gasteiger partial charge in [0.2, 0.25) is 5.91 Å². The van der Waals surface area contributed by atoms with Crippen LogP contribution in [0.4, 0.5) is 5.69 Å². The van der Waals surface area contributed by atoms with Crippen molar-refractivity contribution in [2.75, 3.05) is 25.4 Å². The van der Waals surface area contributed by atoms with E-state index in [0.29, 0.717) is 36.2 Å². The summed E-state index contributed by atoms with van der Waals surface area (Å²) in [5.41, 5.74) is 1.46. The van der Waals surface area contributed by atoms with Gasteiger partial charge in [-0.05, 0) is 44.0 Å². The number of benzene rings is 2. The predicted molar refractivity (Wildman–Crippen MR) is 130 cm³/mol. The van der Waals surface area contributed by atoms with Gasteiger partial charge in [-0.2, -0.15) is 0 Å². The Labute approximate surface area is 206 Å². The van der Waals surface area contributed by atoms with Gasteiger partial charge in [0.15, 0.2) is 11.0 Å². The number of hydrogen-bond donors (Lipinski definition) is 0. The largest absolute Gasteiger partial charge is 0.466 e. The molecule has 0 spiro atoms. The minimum absolute atomic E-state index is 0.0117. The third-order valence-corrected chi connectivity index (χ3v) is 6.62. The van der Waals surface area contributed by atoms with Crippen LogP contribution in [-0.4, -0.2) is 61.9 Å². The van der Waals surface area contributed by atoms with Gasteiger partial charge in [-0.3, -0.25) is 24.3 Å². The van der Waals surface area contributed by atoms with Gasteiger partial charge in [0.05, 0.1) is 23.2 Å². The molecule has 182 valence electrons. The molecule has 4 rings (SSSR count). The molecule has 1 fully saturated rings. The first kappa shape index (κ1) is 24.4. The Morgan fingerprint density at radius 3 is 2.57 bits per heavy atom. The summed E-state index contributed by atoms with van der Waals surface area (Å²) < 4.78 is 6.96. The normalized spacial score (nSPS) is 15.6. The van der Waals surface area contributed by atoms with Gasteiger partial charge in [-0.25, -0.2) is 0 Å². The monoisotopic (exact) mass is 495 g/mol. The van der Waals surface area contributed by atoms with Crippen LogP contribution in [0.5, 0.6) is 0 Å². The van der Waals surface area contributed by atoms with Crippen molar-refractivity contribution in [2.45, 2.75) is 24.9 Å². The Morgan fingerprint density at radius 1 is 1.14 bits per heavy atom. The Kier molecular flexibility index (Phi) is 7.76. The number of amides is 1. The third-order valence-electron chi connectivity index (χ3n) is 5.70. The molecule has 0 saturated carbocycles. The summed E-state index contributed by atoms with van der Waals surface area (Å²) in [6.07, 6.45) is 1.47. The number of aromatic nitrogens is 3. The third kappa shape index (κ3) is 5.68. The number of para-hydroxylation sites is 1. The molecule has 1 aromatic heterocycles. The minimum Gasteiger partial charge on any atom is -0.466 e. The van der Waals surface area contributed by atoms with Crippen LogP contribution >= 0.6 is 11.8 Å². The van der Waals surface area contributed by atoms with Crippen LogP contribution in [0, 0.1) is 16.0 Å². The zero-order chi connectivity index (χ0) is 24.8. The highest BCUT2D eigenvalue weighted by Gasteiger charge is 2.29. The summed E-state index contributed by atoms with van der Waals surface area (Å²) in [5.74, 6) is 0.0271. The Balaban J connectivity index is 1.53. The molecule has 1 aliphatic heterocycles. The molecule has 3 aromatic rings. The lowest BCUT2D eigenvalue weighted by molar-refractivity contribution is -0.384. The van der Waals surface area contributed by atoms with Crippen molar-refractivity contribution in [2.24, 2.45) is 5.92 Å². The molecular formula is C24H25N5O5S. The van der Waals surface area contributed by atoms with Crippen molar-refractivity contribution in [1.29, 1.82) is 0 Å². The number of hydrogen-bond acceptors (Lipinski definition) is 8. The van der Waals surface area contributed by atoms with Crippen LogP contribution in [0.1, 0.15) is 19.8 Å². The summed E-state index contributed by atoms with van der Waals surface area (Å²) in [4.78, 5) is 37.3. The number of nitro groups is 1. The van der Waals surface area contributed by atoms with Crippen molar-refractivity contribution in [3.05, 3.63) is 64.7 Å². The van der Waals surface area contributed by atoms with E-state index >= 15 is 0 Å². The molecule has 1 amide bonds. The lowest BCUT2D eigenvalue weighted by atomic mass is 9.98. The predicted octanol–water partition coefficient (Wildman–Crippen LogP) is 3.74. The summed E-state index contributed by atoms with van der Waals surface area (Å²) in [5, 5.41) is 20.2. The molecule has 35 heavy (non-hydrogen) atoms. The van der Waals surface area contributed by atoms with Gasteiger partial charge in [-0.1, -0.05) is 30.0 Å². The highest BCUT2D eigenvalue weighted by Crippen LogP contribution is 2.29. The molecule has 1 unspecified atom stereocenters. The minimum atomic E-state index is -0.453. The molecule has 1 saturated heterocycles. The van der Waals surface area contributed by atoms with Crippen LogP contribution < -0.4 is 0 Å². The van der Waals surface area contributed by atoms with Crippen LogP contribution in [0.15, 0.2) is 59.8 Å². The molecule has 0 bridgehead atoms. The van der Waals surface area contributed by atoms with E-state index in [-0.39, 0.29) is 29.2 Å². The standard InChI is InChI=1S/C24H25N5O5S/c1-2-34-23(31)18-7-6-14-27(15-18)21(30)16-35-24-26-25-22(28(24)19-8-4-3-5-9-19)17-10-12-20(13-11-17)29(32)33/h3-5,8-13,18H,2,6-7,14-16H2,1H3. The van der Waals surface area contributed by atoms with Gasteiger partial charge < -0.3 is 9.64 Å². The van der Waals surface area contributed by atoms with Crippen LogP contribution in [-0.2, 0) is 14.3 Å². The number of nitrogens with zero attached hydrogens (tertiary/aromatic N) is 5. The molecule has 0 N–H and O–H groups in total. The molecule has 0 aliphatic carbocycles. The average Bonchev–Trinajstić information content (AvgIpc) is 3.32. The molecule has 1 aliphatic rings. The highest BCUT2D eigenvalue weighted by atomic mass is 32.2. The summed E-state index contributed by atoms with van der Waals surface area (Å²) in [7, 11) is 0. The molecule has 0 radical (unpaired) electrons. The zero-order valence-electron chi connectivity index (χ0n) is 19.2. The Bertz CT molecular complexity index is 1200. The number of rotatable bonds is 8. The first-order valence-electron chi connectivity index (χ1n) is 11.3. The zero-order valence-corrected chi connectivity index (χ0v) is 20.0. The molecule has 2 heterocycles. The van der Waals surface area contributed by atoms with E-state index in [1.165, 1.54) is 23.9 Å². The second-order valence-electron chi connectivity index (χ2n) is 8.00. The number of thioether (sulfide) groups is 1. The molecule has 11 heteroatoms. The number of carbonyl (C=O) groups excluding carboxylic acids is 2. The van der Waals surface area contributed by atoms with Crippen molar-refractivity contribution in [1.82, 2.24) is 19.7 Å². The number of esters is 1. The first-order chi connectivity index (χ1) is 17.0. The number of likely N-dealkylation sites (tertiary alicyclic amines) is 1. The van der Waals surface area contributed by atoms with Crippen molar-refractivity contribution in [3.8, 4) is 17.1 Å². The fourth-order valence-corrected chi connectivity index (χ4v) is 4.82. The van der Waals surface area contributed by atoms with Crippen molar-refractivity contribution in [3.63, 3.8) is 0 Å². The Hall–Kier alpha value is -3.73. The van der Waals surface area contributed by atoms with Gasteiger partial charge >= 0.3 is 5.97 Å². The van der Waals surface area contributed by atoms with Gasteiger partial charge in [0, 0.05) is 36.5 Å². The van der Waals surface area contributed by atoms with Gasteiger partial charge in [0.1, 0.15) is 0 Å². The van der Waals surface area contributed by atoms with Crippen LogP contribution in [0.25, 0.3) is 17.1 Å². The highest BCUT2D eigenvalue weighted by molar-refractivity contribution is 7.99. The summed E-state index contributed by atoms with van der Waals surface area (Å²) in [6.45, 7) is 3.06. The second kappa shape index (κ2) is 11.1. The summed E-state index contributed by atoms with van der Waals surface area (Å²) >= 11 is 1.26. The number of carbonyl (C=O) groups is 2. The molecule has 1 atom stereocenters. The smallest absolute Gasteiger partial charge is 0.310 e. The number of nitro benzene ring substituents is 1. The number of piperidine rings is 1. The number of ether oxygens (including phenoxy) is 1. The maximum atomic E-state index is 13.0. The molecular weight excluding hydrogens is 470 g/mol. The fraction of sp³-hybridized carbons (Fsp3) is 0.333. The number of non-ortho nitro benzene ring substituents is 1. The van der Waals surface area contributed by atoms with E-state index in [1.54, 1.807) is 24.0 Å². The van der Waals surface area contributed by atoms with Gasteiger partial charge in [0.25, 0.3) is 5.69 Å². The van der Waals surface area contributed by atoms with E-state index in [0.717, 1.165) is 18.5 Å². The quantitative estimate of drug-likeness (QED) is 0.201. The first-order valence-corrected chi connectivity index (χ1v) is 12.3. The molecule has 10 nitrogen and oxygen atoms in total. The lowest BCUT2D eigenvalue weighted by Crippen LogP contribution is -2.43. The van der Waals surface area contributed by atoms with Crippen LogP contribution in [0.3, 0.4) is 0 Å². The fourth-order valence-electron chi connectivity index (χ4n) is 3.97. The average molecular weight is 496 g/mol. The van der Waals surface area contributed by atoms with Crippen molar-refractivity contribution >= 4 is 29.3 Å². The SMILES string of the molecule is CCOC(=O)C1CCCN(C(=O)CSc2nnc(-c3ccc([N+](=O)[O-])cc3)n2-c2ccccc2)C1.